The number of hydrogen-bond acceptors (Lipinski definition) is 2. The molecule has 0 saturated carbocycles. The van der Waals surface area contributed by atoms with E-state index in [1.807, 2.05) is 11.8 Å². The van der Waals surface area contributed by atoms with Gasteiger partial charge in [-0.25, -0.2) is 0 Å². The van der Waals surface area contributed by atoms with Crippen molar-refractivity contribution in [2.24, 2.45) is 5.73 Å². The van der Waals surface area contributed by atoms with Crippen molar-refractivity contribution in [1.29, 1.82) is 0 Å². The van der Waals surface area contributed by atoms with Crippen molar-refractivity contribution in [3.05, 3.63) is 34.9 Å². The first-order valence-corrected chi connectivity index (χ1v) is 6.74. The lowest BCUT2D eigenvalue weighted by Gasteiger charge is -2.14. The minimum Gasteiger partial charge on any atom is -0.324 e. The van der Waals surface area contributed by atoms with Gasteiger partial charge in [-0.2, -0.15) is 11.8 Å². The van der Waals surface area contributed by atoms with Crippen molar-refractivity contribution >= 4 is 11.8 Å². The molecule has 82 valence electrons. The van der Waals surface area contributed by atoms with Gasteiger partial charge in [0, 0.05) is 17.0 Å². The van der Waals surface area contributed by atoms with Gasteiger partial charge >= 0.3 is 0 Å². The summed E-state index contributed by atoms with van der Waals surface area (Å²) in [5.41, 5.74) is 10.5. The Morgan fingerprint density at radius 1 is 1.47 bits per heavy atom. The molecule has 2 N–H and O–H groups in total. The highest BCUT2D eigenvalue weighted by Crippen LogP contribution is 2.33. The Morgan fingerprint density at radius 3 is 3.00 bits per heavy atom. The Morgan fingerprint density at radius 2 is 2.27 bits per heavy atom. The second kappa shape index (κ2) is 4.58. The molecule has 1 heterocycles. The van der Waals surface area contributed by atoms with Crippen molar-refractivity contribution < 1.29 is 0 Å². The highest BCUT2D eigenvalue weighted by molar-refractivity contribution is 7.99. The molecule has 0 radical (unpaired) electrons. The molecule has 1 aliphatic heterocycles. The fourth-order valence-electron chi connectivity index (χ4n) is 2.13. The van der Waals surface area contributed by atoms with Crippen LogP contribution in [0.15, 0.2) is 18.2 Å². The lowest BCUT2D eigenvalue weighted by molar-refractivity contribution is 0.650. The first kappa shape index (κ1) is 11.0. The molecular formula is C13H19NS. The summed E-state index contributed by atoms with van der Waals surface area (Å²) in [5.74, 6) is 1.12. The Kier molecular flexibility index (Phi) is 3.37. The number of aryl methyl sites for hydroxylation is 1. The van der Waals surface area contributed by atoms with E-state index in [9.17, 15) is 0 Å². The van der Waals surface area contributed by atoms with E-state index in [1.165, 1.54) is 16.7 Å². The van der Waals surface area contributed by atoms with Crippen LogP contribution in [0.4, 0.5) is 0 Å². The second-order valence-corrected chi connectivity index (χ2v) is 5.78. The summed E-state index contributed by atoms with van der Waals surface area (Å²) in [5, 5.41) is 0.678. The maximum Gasteiger partial charge on any atom is 0.0308 e. The zero-order chi connectivity index (χ0) is 10.8. The first-order chi connectivity index (χ1) is 7.20. The number of nitrogens with two attached hydrogens (primary N) is 1. The zero-order valence-electron chi connectivity index (χ0n) is 9.49. The molecule has 0 spiro atoms. The Labute approximate surface area is 96.4 Å². The van der Waals surface area contributed by atoms with Crippen molar-refractivity contribution in [1.82, 2.24) is 0 Å². The molecule has 0 amide bonds. The summed E-state index contributed by atoms with van der Waals surface area (Å²) in [4.78, 5) is 0. The van der Waals surface area contributed by atoms with E-state index < -0.39 is 0 Å². The van der Waals surface area contributed by atoms with Crippen LogP contribution in [-0.4, -0.2) is 5.25 Å². The maximum atomic E-state index is 6.25. The summed E-state index contributed by atoms with van der Waals surface area (Å²) >= 11 is 2.02. The van der Waals surface area contributed by atoms with Crippen LogP contribution in [0.3, 0.4) is 0 Å². The highest BCUT2D eigenvalue weighted by atomic mass is 32.2. The van der Waals surface area contributed by atoms with Crippen LogP contribution in [0.5, 0.6) is 0 Å². The van der Waals surface area contributed by atoms with E-state index in [-0.39, 0.29) is 6.04 Å². The first-order valence-electron chi connectivity index (χ1n) is 5.69. The zero-order valence-corrected chi connectivity index (χ0v) is 10.3. The smallest absolute Gasteiger partial charge is 0.0308 e. The lowest BCUT2D eigenvalue weighted by Crippen LogP contribution is -2.14. The molecule has 2 rings (SSSR count). The summed E-state index contributed by atoms with van der Waals surface area (Å²) in [6, 6.07) is 7.04. The predicted octanol–water partition coefficient (Wildman–Crippen LogP) is 3.27. The second-order valence-electron chi connectivity index (χ2n) is 4.35. The number of thioether (sulfide) groups is 1. The molecule has 2 atom stereocenters. The summed E-state index contributed by atoms with van der Waals surface area (Å²) in [6.45, 7) is 4.47. The quantitative estimate of drug-likeness (QED) is 0.787. The third kappa shape index (κ3) is 2.37. The molecule has 0 aromatic heterocycles. The van der Waals surface area contributed by atoms with Gasteiger partial charge in [0.05, 0.1) is 0 Å². The predicted molar refractivity (Wildman–Crippen MR) is 68.1 cm³/mol. The lowest BCUT2D eigenvalue weighted by atomic mass is 9.96. The van der Waals surface area contributed by atoms with Gasteiger partial charge in [-0.1, -0.05) is 32.0 Å². The Bertz CT molecular complexity index is 348. The van der Waals surface area contributed by atoms with Crippen LogP contribution in [0.1, 0.15) is 43.0 Å². The molecule has 0 aliphatic carbocycles. The molecule has 1 aromatic rings. The number of hydrogen-bond donors (Lipinski definition) is 1. The molecule has 0 saturated heterocycles. The third-order valence-corrected chi connectivity index (χ3v) is 4.37. The molecule has 1 aromatic carbocycles. The largest absolute Gasteiger partial charge is 0.324 e. The Balaban J connectivity index is 2.36. The summed E-state index contributed by atoms with van der Waals surface area (Å²) < 4.78 is 0. The standard InChI is InChI=1S/C13H19NS/c1-3-10-4-5-11-8-15-9(2)6-13(14)12(11)7-10/h4-5,7,9,13H,3,6,8,14H2,1-2H3/t9?,13-/m0/s1. The van der Waals surface area contributed by atoms with Crippen LogP contribution in [0.2, 0.25) is 0 Å². The molecule has 1 nitrogen and oxygen atoms in total. The number of rotatable bonds is 1. The van der Waals surface area contributed by atoms with Gasteiger partial charge < -0.3 is 5.73 Å². The van der Waals surface area contributed by atoms with E-state index >= 15 is 0 Å². The van der Waals surface area contributed by atoms with E-state index in [2.05, 4.69) is 32.0 Å². The van der Waals surface area contributed by atoms with Gasteiger partial charge in [-0.15, -0.1) is 0 Å². The molecule has 1 aliphatic rings. The van der Waals surface area contributed by atoms with Crippen molar-refractivity contribution in [3.63, 3.8) is 0 Å². The fourth-order valence-corrected chi connectivity index (χ4v) is 3.20. The van der Waals surface area contributed by atoms with Gasteiger partial charge in [0.1, 0.15) is 0 Å². The van der Waals surface area contributed by atoms with Crippen LogP contribution in [0, 0.1) is 0 Å². The van der Waals surface area contributed by atoms with Gasteiger partial charge in [0.2, 0.25) is 0 Å². The molecule has 0 bridgehead atoms. The van der Waals surface area contributed by atoms with E-state index in [0.717, 1.165) is 18.6 Å². The summed E-state index contributed by atoms with van der Waals surface area (Å²) in [6.07, 6.45) is 2.20. The van der Waals surface area contributed by atoms with Crippen molar-refractivity contribution in [2.45, 2.75) is 43.7 Å². The monoisotopic (exact) mass is 221 g/mol. The SMILES string of the molecule is CCc1ccc2c(c1)[C@@H](N)CC(C)SC2. The third-order valence-electron chi connectivity index (χ3n) is 3.13. The topological polar surface area (TPSA) is 26.0 Å². The van der Waals surface area contributed by atoms with Crippen molar-refractivity contribution in [2.75, 3.05) is 0 Å². The van der Waals surface area contributed by atoms with E-state index in [1.54, 1.807) is 0 Å². The molecule has 0 fully saturated rings. The molecule has 1 unspecified atom stereocenters. The maximum absolute atomic E-state index is 6.25. The minimum absolute atomic E-state index is 0.233. The normalized spacial score (nSPS) is 25.8. The van der Waals surface area contributed by atoms with Crippen LogP contribution < -0.4 is 5.73 Å². The average Bonchev–Trinajstić information content (AvgIpc) is 2.38. The van der Waals surface area contributed by atoms with Crippen LogP contribution >= 0.6 is 11.8 Å². The van der Waals surface area contributed by atoms with Crippen molar-refractivity contribution in [3.8, 4) is 0 Å². The van der Waals surface area contributed by atoms with E-state index in [4.69, 9.17) is 5.73 Å². The van der Waals surface area contributed by atoms with Crippen LogP contribution in [-0.2, 0) is 12.2 Å². The fraction of sp³-hybridized carbons (Fsp3) is 0.538. The van der Waals surface area contributed by atoms with Gasteiger partial charge in [0.15, 0.2) is 0 Å². The molecule has 15 heavy (non-hydrogen) atoms. The number of benzene rings is 1. The van der Waals surface area contributed by atoms with E-state index in [0.29, 0.717) is 5.25 Å². The van der Waals surface area contributed by atoms with Gasteiger partial charge in [-0.05, 0) is 29.5 Å². The van der Waals surface area contributed by atoms with Crippen LogP contribution in [0.25, 0.3) is 0 Å². The molecule has 2 heteroatoms. The summed E-state index contributed by atoms with van der Waals surface area (Å²) in [7, 11) is 0. The minimum atomic E-state index is 0.233. The molecular weight excluding hydrogens is 202 g/mol. The Hall–Kier alpha value is -0.470. The highest BCUT2D eigenvalue weighted by Gasteiger charge is 2.19. The number of fused-ring (bicyclic) bond motifs is 1. The average molecular weight is 221 g/mol. The van der Waals surface area contributed by atoms with Gasteiger partial charge in [0.25, 0.3) is 0 Å². The van der Waals surface area contributed by atoms with Gasteiger partial charge in [-0.3, -0.25) is 0 Å².